The number of aromatic nitrogens is 1. The van der Waals surface area contributed by atoms with Gasteiger partial charge in [-0.15, -0.1) is 0 Å². The van der Waals surface area contributed by atoms with Gasteiger partial charge in [-0.05, 0) is 38.1 Å². The fourth-order valence-electron chi connectivity index (χ4n) is 3.59. The number of fused-ring (bicyclic) bond motifs is 2. The maximum absolute atomic E-state index is 6.18. The van der Waals surface area contributed by atoms with E-state index in [0.29, 0.717) is 34.5 Å². The van der Waals surface area contributed by atoms with Crippen LogP contribution in [0.2, 0.25) is 10.2 Å². The summed E-state index contributed by atoms with van der Waals surface area (Å²) < 4.78 is 6.18. The van der Waals surface area contributed by atoms with Crippen LogP contribution in [0, 0.1) is 5.92 Å². The maximum atomic E-state index is 6.18. The Morgan fingerprint density at radius 2 is 2.10 bits per heavy atom. The van der Waals surface area contributed by atoms with Gasteiger partial charge in [-0.2, -0.15) is 0 Å². The quantitative estimate of drug-likeness (QED) is 0.806. The van der Waals surface area contributed by atoms with Crippen molar-refractivity contribution in [2.24, 2.45) is 10.9 Å². The summed E-state index contributed by atoms with van der Waals surface area (Å²) in [5.41, 5.74) is -0.152. The van der Waals surface area contributed by atoms with Crippen LogP contribution in [-0.2, 0) is 4.74 Å². The van der Waals surface area contributed by atoms with Crippen LogP contribution in [0.3, 0.4) is 0 Å². The molecule has 0 radical (unpaired) electrons. The molecule has 2 bridgehead atoms. The molecule has 5 heterocycles. The highest BCUT2D eigenvalue weighted by Crippen LogP contribution is 2.40. The number of amidine groups is 1. The molecular weight excluding hydrogens is 311 g/mol. The zero-order chi connectivity index (χ0) is 14.4. The first-order valence-electron chi connectivity index (χ1n) is 7.19. The summed E-state index contributed by atoms with van der Waals surface area (Å²) in [6.45, 7) is 4.05. The molecule has 0 aromatic carbocycles. The monoisotopic (exact) mass is 326 g/mol. The molecule has 1 spiro atoms. The fraction of sp³-hybridized carbons (Fsp3) is 0.571. The summed E-state index contributed by atoms with van der Waals surface area (Å²) in [6, 6.07) is 3.83. The van der Waals surface area contributed by atoms with E-state index in [2.05, 4.69) is 20.2 Å². The maximum Gasteiger partial charge on any atom is 0.291 e. The minimum absolute atomic E-state index is 0.152. The van der Waals surface area contributed by atoms with Gasteiger partial charge < -0.3 is 4.74 Å². The summed E-state index contributed by atoms with van der Waals surface area (Å²) in [6.07, 6.45) is 2.40. The highest BCUT2D eigenvalue weighted by atomic mass is 35.5. The normalized spacial score (nSPS) is 33.9. The number of hydrogen-bond acceptors (Lipinski definition) is 5. The Bertz CT molecular complexity index is 580. The molecule has 112 valence electrons. The van der Waals surface area contributed by atoms with Gasteiger partial charge in [0.15, 0.2) is 0 Å². The van der Waals surface area contributed by atoms with Crippen molar-refractivity contribution in [3.63, 3.8) is 0 Å². The van der Waals surface area contributed by atoms with Crippen molar-refractivity contribution in [2.75, 3.05) is 31.5 Å². The number of hydrogen-bond donors (Lipinski definition) is 1. The third kappa shape index (κ3) is 2.47. The first-order chi connectivity index (χ1) is 10.1. The lowest BCUT2D eigenvalue weighted by Crippen LogP contribution is -2.61. The number of anilines is 1. The molecule has 5 nitrogen and oxygen atoms in total. The fourth-order valence-corrected chi connectivity index (χ4v) is 4.06. The first kappa shape index (κ1) is 13.6. The first-order valence-corrected chi connectivity index (χ1v) is 7.94. The van der Waals surface area contributed by atoms with E-state index in [1.807, 2.05) is 0 Å². The molecule has 0 unspecified atom stereocenters. The molecule has 4 aliphatic rings. The molecule has 1 N–H and O–H groups in total. The lowest BCUT2D eigenvalue weighted by Gasteiger charge is -2.50. The van der Waals surface area contributed by atoms with Crippen molar-refractivity contribution in [3.05, 3.63) is 22.3 Å². The lowest BCUT2D eigenvalue weighted by molar-refractivity contribution is -0.0829. The van der Waals surface area contributed by atoms with Crippen LogP contribution in [0.1, 0.15) is 12.8 Å². The zero-order valence-electron chi connectivity index (χ0n) is 11.5. The van der Waals surface area contributed by atoms with Crippen LogP contribution in [0.25, 0.3) is 0 Å². The Morgan fingerprint density at radius 1 is 1.29 bits per heavy atom. The second-order valence-electron chi connectivity index (χ2n) is 5.96. The molecule has 1 atom stereocenters. The van der Waals surface area contributed by atoms with Crippen molar-refractivity contribution in [3.8, 4) is 0 Å². The molecule has 7 heteroatoms. The summed E-state index contributed by atoms with van der Waals surface area (Å²) in [5, 5.41) is 3.97. The number of rotatable bonds is 1. The molecular formula is C14H16Cl2N4O. The second-order valence-corrected chi connectivity index (χ2v) is 6.78. The van der Waals surface area contributed by atoms with Crippen molar-refractivity contribution >= 4 is 35.0 Å². The van der Waals surface area contributed by atoms with Crippen molar-refractivity contribution in [2.45, 2.75) is 18.4 Å². The summed E-state index contributed by atoms with van der Waals surface area (Å²) in [7, 11) is 0. The van der Waals surface area contributed by atoms with Gasteiger partial charge >= 0.3 is 0 Å². The molecule has 0 aliphatic carbocycles. The lowest BCUT2D eigenvalue weighted by atomic mass is 9.75. The van der Waals surface area contributed by atoms with E-state index in [1.54, 1.807) is 12.1 Å². The van der Waals surface area contributed by atoms with Crippen LogP contribution in [0.4, 0.5) is 5.82 Å². The van der Waals surface area contributed by atoms with E-state index >= 15 is 0 Å². The Kier molecular flexibility index (Phi) is 3.24. The second kappa shape index (κ2) is 5.00. The number of nitrogens with one attached hydrogen (secondary N) is 1. The Morgan fingerprint density at radius 3 is 2.76 bits per heavy atom. The van der Waals surface area contributed by atoms with Crippen LogP contribution < -0.4 is 5.32 Å². The van der Waals surface area contributed by atoms with Crippen LogP contribution >= 0.6 is 23.2 Å². The number of piperidine rings is 3. The predicted octanol–water partition coefficient (Wildman–Crippen LogP) is 2.65. The van der Waals surface area contributed by atoms with Crippen LogP contribution in [-0.4, -0.2) is 47.7 Å². The standard InChI is InChI=1S/C14H16Cl2N4O/c15-10-5-11(16)18-12(6-10)19-13-17-7-14(21-13)8-20-3-1-9(14)2-4-20/h5-6,9H,1-4,7-8H2,(H,17,18,19)/t14-/m0/s1. The number of halogens is 2. The number of pyridine rings is 1. The average molecular weight is 327 g/mol. The predicted molar refractivity (Wildman–Crippen MR) is 83.2 cm³/mol. The van der Waals surface area contributed by atoms with E-state index in [1.165, 1.54) is 25.9 Å². The Balaban J connectivity index is 1.49. The third-order valence-corrected chi connectivity index (χ3v) is 5.02. The highest BCUT2D eigenvalue weighted by Gasteiger charge is 2.51. The van der Waals surface area contributed by atoms with E-state index in [4.69, 9.17) is 27.9 Å². The number of aliphatic imine (C=N–C) groups is 1. The SMILES string of the molecule is Clc1cc(Cl)nc(NC2=NC[C@@]3(CN4CCC3CC4)O2)c1. The van der Waals surface area contributed by atoms with Gasteiger partial charge in [0, 0.05) is 17.5 Å². The van der Waals surface area contributed by atoms with Gasteiger partial charge in [-0.25, -0.2) is 9.98 Å². The van der Waals surface area contributed by atoms with Gasteiger partial charge in [0.05, 0.1) is 6.54 Å². The molecule has 0 amide bonds. The van der Waals surface area contributed by atoms with Gasteiger partial charge in [0.2, 0.25) is 0 Å². The van der Waals surface area contributed by atoms with Crippen LogP contribution in [0.15, 0.2) is 17.1 Å². The average Bonchev–Trinajstić information content (AvgIpc) is 2.81. The van der Waals surface area contributed by atoms with Crippen molar-refractivity contribution in [1.82, 2.24) is 9.88 Å². The summed E-state index contributed by atoms with van der Waals surface area (Å²) in [4.78, 5) is 11.2. The minimum Gasteiger partial charge on any atom is -0.455 e. The van der Waals surface area contributed by atoms with Gasteiger partial charge in [0.1, 0.15) is 16.6 Å². The Labute approximate surface area is 133 Å². The van der Waals surface area contributed by atoms with Crippen molar-refractivity contribution < 1.29 is 4.74 Å². The molecule has 21 heavy (non-hydrogen) atoms. The van der Waals surface area contributed by atoms with E-state index in [-0.39, 0.29) is 5.60 Å². The van der Waals surface area contributed by atoms with E-state index in [9.17, 15) is 0 Å². The molecule has 3 fully saturated rings. The molecule has 0 saturated carbocycles. The third-order valence-electron chi connectivity index (χ3n) is 4.61. The molecule has 1 aromatic rings. The minimum atomic E-state index is -0.152. The highest BCUT2D eigenvalue weighted by molar-refractivity contribution is 6.34. The number of ether oxygens (including phenoxy) is 1. The summed E-state index contributed by atoms with van der Waals surface area (Å²) in [5.74, 6) is 1.16. The smallest absolute Gasteiger partial charge is 0.291 e. The van der Waals surface area contributed by atoms with Gasteiger partial charge in [-0.1, -0.05) is 23.2 Å². The Hall–Kier alpha value is -1.04. The van der Waals surface area contributed by atoms with Crippen LogP contribution in [0.5, 0.6) is 0 Å². The van der Waals surface area contributed by atoms with E-state index < -0.39 is 0 Å². The number of nitrogens with zero attached hydrogens (tertiary/aromatic N) is 3. The zero-order valence-corrected chi connectivity index (χ0v) is 13.0. The van der Waals surface area contributed by atoms with Gasteiger partial charge in [-0.3, -0.25) is 10.2 Å². The summed E-state index contributed by atoms with van der Waals surface area (Å²) >= 11 is 11.9. The van der Waals surface area contributed by atoms with Crippen molar-refractivity contribution in [1.29, 1.82) is 0 Å². The van der Waals surface area contributed by atoms with E-state index in [0.717, 1.165) is 6.54 Å². The molecule has 5 rings (SSSR count). The molecule has 4 aliphatic heterocycles. The van der Waals surface area contributed by atoms with Gasteiger partial charge in [0.25, 0.3) is 6.02 Å². The topological polar surface area (TPSA) is 49.8 Å². The molecule has 1 aromatic heterocycles. The molecule has 3 saturated heterocycles. The largest absolute Gasteiger partial charge is 0.455 e.